The van der Waals surface area contributed by atoms with Gasteiger partial charge in [0.25, 0.3) is 5.91 Å². The largest absolute Gasteiger partial charge is 0.478 e. The molecule has 6 heteroatoms. The second kappa shape index (κ2) is 4.66. The quantitative estimate of drug-likeness (QED) is 0.564. The molecule has 19 heavy (non-hydrogen) atoms. The Morgan fingerprint density at radius 2 is 2.16 bits per heavy atom. The standard InChI is InChI=1S/C13H9N3O3/c14-5-8(12(15)17)3-9-6-16-11-2-1-7(13(18)19)4-10(9)11/h1-4,6,16H,(H2,15,17)(H,18,19). The lowest BCUT2D eigenvalue weighted by Gasteiger charge is -1.97. The molecule has 0 aliphatic heterocycles. The van der Waals surface area contributed by atoms with Crippen molar-refractivity contribution in [1.82, 2.24) is 4.98 Å². The number of benzene rings is 1. The lowest BCUT2D eigenvalue weighted by Crippen LogP contribution is -2.12. The van der Waals surface area contributed by atoms with Crippen LogP contribution in [-0.2, 0) is 4.79 Å². The number of fused-ring (bicyclic) bond motifs is 1. The molecule has 0 saturated heterocycles. The number of carbonyl (C=O) groups is 2. The fourth-order valence-electron chi connectivity index (χ4n) is 1.71. The second-order valence-corrected chi connectivity index (χ2v) is 3.84. The number of aromatic nitrogens is 1. The Hall–Kier alpha value is -3.07. The van der Waals surface area contributed by atoms with Crippen LogP contribution in [0.1, 0.15) is 15.9 Å². The Morgan fingerprint density at radius 3 is 2.74 bits per heavy atom. The minimum Gasteiger partial charge on any atom is -0.478 e. The van der Waals surface area contributed by atoms with Gasteiger partial charge in [0.2, 0.25) is 0 Å². The number of hydrogen-bond donors (Lipinski definition) is 3. The summed E-state index contributed by atoms with van der Waals surface area (Å²) in [5.41, 5.74) is 6.23. The van der Waals surface area contributed by atoms with Gasteiger partial charge in [0.1, 0.15) is 11.6 Å². The lowest BCUT2D eigenvalue weighted by molar-refractivity contribution is -0.114. The number of hydrogen-bond acceptors (Lipinski definition) is 3. The van der Waals surface area contributed by atoms with Crippen molar-refractivity contribution < 1.29 is 14.7 Å². The number of nitriles is 1. The number of H-pyrrole nitrogens is 1. The number of primary amides is 1. The maximum Gasteiger partial charge on any atom is 0.335 e. The number of nitrogens with two attached hydrogens (primary N) is 1. The molecule has 0 spiro atoms. The van der Waals surface area contributed by atoms with Crippen molar-refractivity contribution in [1.29, 1.82) is 5.26 Å². The number of nitrogens with one attached hydrogen (secondary N) is 1. The van der Waals surface area contributed by atoms with E-state index >= 15 is 0 Å². The van der Waals surface area contributed by atoms with Crippen molar-refractivity contribution in [3.63, 3.8) is 0 Å². The highest BCUT2D eigenvalue weighted by molar-refractivity contribution is 6.04. The Kier molecular flexibility index (Phi) is 3.04. The Bertz CT molecular complexity index is 750. The highest BCUT2D eigenvalue weighted by Gasteiger charge is 2.09. The van der Waals surface area contributed by atoms with Gasteiger partial charge in [-0.05, 0) is 24.3 Å². The molecule has 2 aromatic rings. The lowest BCUT2D eigenvalue weighted by atomic mass is 10.1. The smallest absolute Gasteiger partial charge is 0.335 e. The number of aromatic amines is 1. The number of carbonyl (C=O) groups excluding carboxylic acids is 1. The molecule has 2 rings (SSSR count). The summed E-state index contributed by atoms with van der Waals surface area (Å²) in [4.78, 5) is 24.8. The maximum atomic E-state index is 11.0. The van der Waals surface area contributed by atoms with Crippen LogP contribution in [0.4, 0.5) is 0 Å². The first-order valence-electron chi connectivity index (χ1n) is 5.29. The third-order valence-electron chi connectivity index (χ3n) is 2.65. The number of amides is 1. The van der Waals surface area contributed by atoms with E-state index in [0.717, 1.165) is 0 Å². The monoisotopic (exact) mass is 255 g/mol. The van der Waals surface area contributed by atoms with Crippen LogP contribution in [0.3, 0.4) is 0 Å². The van der Waals surface area contributed by atoms with E-state index < -0.39 is 11.9 Å². The first-order chi connectivity index (χ1) is 9.02. The minimum atomic E-state index is -1.05. The van der Waals surface area contributed by atoms with E-state index in [9.17, 15) is 9.59 Å². The van der Waals surface area contributed by atoms with E-state index in [4.69, 9.17) is 16.1 Å². The topological polar surface area (TPSA) is 120 Å². The van der Waals surface area contributed by atoms with E-state index in [1.54, 1.807) is 18.3 Å². The second-order valence-electron chi connectivity index (χ2n) is 3.84. The summed E-state index contributed by atoms with van der Waals surface area (Å²) in [7, 11) is 0. The number of aromatic carboxylic acids is 1. The third-order valence-corrected chi connectivity index (χ3v) is 2.65. The van der Waals surface area contributed by atoms with Gasteiger partial charge in [-0.25, -0.2) is 4.79 Å². The molecule has 0 radical (unpaired) electrons. The molecular weight excluding hydrogens is 246 g/mol. The Morgan fingerprint density at radius 1 is 1.42 bits per heavy atom. The van der Waals surface area contributed by atoms with Gasteiger partial charge < -0.3 is 15.8 Å². The van der Waals surface area contributed by atoms with Gasteiger partial charge >= 0.3 is 5.97 Å². The van der Waals surface area contributed by atoms with Gasteiger partial charge in [0.15, 0.2) is 0 Å². The molecule has 0 saturated carbocycles. The molecule has 1 heterocycles. The molecule has 0 aliphatic rings. The molecule has 4 N–H and O–H groups in total. The molecule has 1 amide bonds. The van der Waals surface area contributed by atoms with Crippen molar-refractivity contribution >= 4 is 28.9 Å². The van der Waals surface area contributed by atoms with Gasteiger partial charge in [-0.2, -0.15) is 5.26 Å². The molecule has 0 bridgehead atoms. The maximum absolute atomic E-state index is 11.0. The highest BCUT2D eigenvalue weighted by atomic mass is 16.4. The molecular formula is C13H9N3O3. The zero-order valence-electron chi connectivity index (χ0n) is 9.68. The summed E-state index contributed by atoms with van der Waals surface area (Å²) in [6.45, 7) is 0. The number of carboxylic acid groups (broad SMARTS) is 1. The van der Waals surface area contributed by atoms with E-state index in [-0.39, 0.29) is 11.1 Å². The summed E-state index contributed by atoms with van der Waals surface area (Å²) in [6.07, 6.45) is 2.91. The summed E-state index contributed by atoms with van der Waals surface area (Å²) < 4.78 is 0. The van der Waals surface area contributed by atoms with Crippen LogP contribution >= 0.6 is 0 Å². The molecule has 94 valence electrons. The molecule has 0 atom stereocenters. The average Bonchev–Trinajstić information content (AvgIpc) is 2.77. The number of carboxylic acids is 1. The van der Waals surface area contributed by atoms with E-state index in [1.165, 1.54) is 18.2 Å². The van der Waals surface area contributed by atoms with E-state index in [0.29, 0.717) is 16.5 Å². The average molecular weight is 255 g/mol. The highest BCUT2D eigenvalue weighted by Crippen LogP contribution is 2.22. The summed E-state index contributed by atoms with van der Waals surface area (Å²) in [5, 5.41) is 18.3. The van der Waals surface area contributed by atoms with Gasteiger partial charge in [-0.3, -0.25) is 4.79 Å². The van der Waals surface area contributed by atoms with Crippen LogP contribution in [-0.4, -0.2) is 22.0 Å². The molecule has 6 nitrogen and oxygen atoms in total. The fraction of sp³-hybridized carbons (Fsp3) is 0. The van der Waals surface area contributed by atoms with Gasteiger partial charge in [0, 0.05) is 22.7 Å². The summed E-state index contributed by atoms with van der Waals surface area (Å²) in [5.74, 6) is -1.88. The summed E-state index contributed by atoms with van der Waals surface area (Å²) >= 11 is 0. The molecule has 0 unspecified atom stereocenters. The third kappa shape index (κ3) is 2.30. The first-order valence-corrected chi connectivity index (χ1v) is 5.29. The van der Waals surface area contributed by atoms with Crippen molar-refractivity contribution in [3.8, 4) is 6.07 Å². The van der Waals surface area contributed by atoms with Crippen molar-refractivity contribution in [2.45, 2.75) is 0 Å². The van der Waals surface area contributed by atoms with Crippen LogP contribution in [0.25, 0.3) is 17.0 Å². The van der Waals surface area contributed by atoms with Gasteiger partial charge in [0.05, 0.1) is 5.56 Å². The number of nitrogens with zero attached hydrogens (tertiary/aromatic N) is 1. The molecule has 0 fully saturated rings. The zero-order valence-corrected chi connectivity index (χ0v) is 9.68. The SMILES string of the molecule is N#CC(=Cc1c[nH]c2ccc(C(=O)O)cc12)C(N)=O. The van der Waals surface area contributed by atoms with E-state index in [2.05, 4.69) is 4.98 Å². The molecule has 1 aromatic heterocycles. The van der Waals surface area contributed by atoms with Crippen LogP contribution in [0.15, 0.2) is 30.0 Å². The minimum absolute atomic E-state index is 0.124. The van der Waals surface area contributed by atoms with Gasteiger partial charge in [-0.1, -0.05) is 0 Å². The van der Waals surface area contributed by atoms with E-state index in [1.807, 2.05) is 0 Å². The van der Waals surface area contributed by atoms with Crippen LogP contribution in [0, 0.1) is 11.3 Å². The van der Waals surface area contributed by atoms with Crippen LogP contribution in [0.2, 0.25) is 0 Å². The Balaban J connectivity index is 2.62. The predicted octanol–water partition coefficient (Wildman–Crippen LogP) is 1.26. The molecule has 1 aromatic carbocycles. The van der Waals surface area contributed by atoms with Crippen LogP contribution in [0.5, 0.6) is 0 Å². The first kappa shape index (κ1) is 12.4. The fourth-order valence-corrected chi connectivity index (χ4v) is 1.71. The predicted molar refractivity (Wildman–Crippen MR) is 68.0 cm³/mol. The van der Waals surface area contributed by atoms with Crippen molar-refractivity contribution in [3.05, 3.63) is 41.1 Å². The van der Waals surface area contributed by atoms with Crippen LogP contribution < -0.4 is 5.73 Å². The van der Waals surface area contributed by atoms with Crippen molar-refractivity contribution in [2.24, 2.45) is 5.73 Å². The number of rotatable bonds is 3. The van der Waals surface area contributed by atoms with Crippen molar-refractivity contribution in [2.75, 3.05) is 0 Å². The Labute approximate surface area is 107 Å². The zero-order chi connectivity index (χ0) is 14.0. The molecule has 0 aliphatic carbocycles. The summed E-state index contributed by atoms with van der Waals surface area (Å²) in [6, 6.07) is 6.25. The van der Waals surface area contributed by atoms with Gasteiger partial charge in [-0.15, -0.1) is 0 Å². The normalized spacial score (nSPS) is 11.2.